The molecule has 0 aliphatic heterocycles. The summed E-state index contributed by atoms with van der Waals surface area (Å²) in [4.78, 5) is 4.05. The molecule has 2 aromatic rings. The van der Waals surface area contributed by atoms with E-state index in [1.165, 1.54) is 0 Å². The van der Waals surface area contributed by atoms with E-state index in [2.05, 4.69) is 20.9 Å². The molecule has 0 aliphatic carbocycles. The lowest BCUT2D eigenvalue weighted by Crippen LogP contribution is -1.91. The summed E-state index contributed by atoms with van der Waals surface area (Å²) >= 11 is 9.15. The average molecular weight is 246 g/mol. The summed E-state index contributed by atoms with van der Waals surface area (Å²) in [5, 5.41) is 0.633. The minimum atomic E-state index is 0.599. The van der Waals surface area contributed by atoms with Crippen LogP contribution in [0, 0.1) is 0 Å². The standard InChI is InChI=1S/C7H5BrClN3/c8-4-3-12-6(10)2-11-7(12)1-5(4)9/h1-3H,10H2. The number of hydrogen-bond acceptors (Lipinski definition) is 2. The molecular weight excluding hydrogens is 241 g/mol. The lowest BCUT2D eigenvalue weighted by atomic mass is 10.5. The molecule has 5 heteroatoms. The normalized spacial score (nSPS) is 10.8. The number of halogens is 2. The number of rotatable bonds is 0. The van der Waals surface area contributed by atoms with Crippen molar-refractivity contribution >= 4 is 39.0 Å². The first-order valence-electron chi connectivity index (χ1n) is 3.26. The molecule has 0 saturated carbocycles. The van der Waals surface area contributed by atoms with Crippen LogP contribution in [0.25, 0.3) is 5.65 Å². The second-order valence-electron chi connectivity index (χ2n) is 2.38. The molecule has 2 rings (SSSR count). The van der Waals surface area contributed by atoms with Crippen molar-refractivity contribution in [1.29, 1.82) is 0 Å². The Bertz CT molecular complexity index is 437. The summed E-state index contributed by atoms with van der Waals surface area (Å²) in [7, 11) is 0. The van der Waals surface area contributed by atoms with Crippen LogP contribution < -0.4 is 5.73 Å². The highest BCUT2D eigenvalue weighted by Gasteiger charge is 2.03. The molecule has 0 radical (unpaired) electrons. The van der Waals surface area contributed by atoms with Crippen LogP contribution in [-0.4, -0.2) is 9.38 Å². The third-order valence-electron chi connectivity index (χ3n) is 1.58. The van der Waals surface area contributed by atoms with Gasteiger partial charge in [0.1, 0.15) is 11.5 Å². The lowest BCUT2D eigenvalue weighted by molar-refractivity contribution is 1.18. The molecule has 62 valence electrons. The van der Waals surface area contributed by atoms with Crippen molar-refractivity contribution in [2.24, 2.45) is 0 Å². The van der Waals surface area contributed by atoms with Crippen LogP contribution in [0.1, 0.15) is 0 Å². The van der Waals surface area contributed by atoms with Gasteiger partial charge in [0.05, 0.1) is 15.7 Å². The highest BCUT2D eigenvalue weighted by Crippen LogP contribution is 2.24. The van der Waals surface area contributed by atoms with Crippen LogP contribution in [0.4, 0.5) is 5.82 Å². The fourth-order valence-electron chi connectivity index (χ4n) is 0.994. The van der Waals surface area contributed by atoms with Gasteiger partial charge in [-0.05, 0) is 15.9 Å². The molecule has 0 amide bonds. The predicted molar refractivity (Wildman–Crippen MR) is 52.3 cm³/mol. The second-order valence-corrected chi connectivity index (χ2v) is 3.64. The van der Waals surface area contributed by atoms with Crippen molar-refractivity contribution < 1.29 is 0 Å². The van der Waals surface area contributed by atoms with Crippen LogP contribution in [0.15, 0.2) is 22.9 Å². The van der Waals surface area contributed by atoms with Gasteiger partial charge in [-0.3, -0.25) is 4.40 Å². The molecule has 2 aromatic heterocycles. The predicted octanol–water partition coefficient (Wildman–Crippen LogP) is 2.33. The summed E-state index contributed by atoms with van der Waals surface area (Å²) in [6.07, 6.45) is 3.39. The second kappa shape index (κ2) is 2.64. The highest BCUT2D eigenvalue weighted by atomic mass is 79.9. The maximum atomic E-state index is 5.86. The van der Waals surface area contributed by atoms with E-state index in [1.54, 1.807) is 22.9 Å². The molecule has 0 unspecified atom stereocenters. The third kappa shape index (κ3) is 1.07. The summed E-state index contributed by atoms with van der Waals surface area (Å²) in [6.45, 7) is 0. The van der Waals surface area contributed by atoms with Crippen molar-refractivity contribution in [2.75, 3.05) is 5.73 Å². The van der Waals surface area contributed by atoms with E-state index in [9.17, 15) is 0 Å². The zero-order chi connectivity index (χ0) is 8.72. The van der Waals surface area contributed by atoms with Gasteiger partial charge in [-0.25, -0.2) is 4.98 Å². The number of anilines is 1. The SMILES string of the molecule is Nc1cnc2cc(Cl)c(Br)cn12. The average Bonchev–Trinajstić information content (AvgIpc) is 2.35. The molecule has 0 aliphatic rings. The van der Waals surface area contributed by atoms with Crippen LogP contribution >= 0.6 is 27.5 Å². The molecule has 2 heterocycles. The molecule has 12 heavy (non-hydrogen) atoms. The Morgan fingerprint density at radius 1 is 1.58 bits per heavy atom. The number of aromatic nitrogens is 2. The van der Waals surface area contributed by atoms with Gasteiger partial charge in [0.15, 0.2) is 0 Å². The fraction of sp³-hybridized carbons (Fsp3) is 0. The fourth-order valence-corrected chi connectivity index (χ4v) is 1.46. The number of nitrogens with two attached hydrogens (primary N) is 1. The van der Waals surface area contributed by atoms with E-state index in [0.29, 0.717) is 10.8 Å². The maximum absolute atomic E-state index is 5.86. The molecular formula is C7H5BrClN3. The molecule has 3 nitrogen and oxygen atoms in total. The van der Waals surface area contributed by atoms with Crippen LogP contribution in [0.3, 0.4) is 0 Å². The van der Waals surface area contributed by atoms with E-state index >= 15 is 0 Å². The highest BCUT2D eigenvalue weighted by molar-refractivity contribution is 9.10. The van der Waals surface area contributed by atoms with Crippen LogP contribution in [0.2, 0.25) is 5.02 Å². The number of nitrogens with zero attached hydrogens (tertiary/aromatic N) is 2. The van der Waals surface area contributed by atoms with Gasteiger partial charge in [-0.2, -0.15) is 0 Å². The minimum Gasteiger partial charge on any atom is -0.383 e. The molecule has 0 fully saturated rings. The molecule has 0 spiro atoms. The third-order valence-corrected chi connectivity index (χ3v) is 2.75. The van der Waals surface area contributed by atoms with E-state index in [0.717, 1.165) is 10.1 Å². The Kier molecular flexibility index (Phi) is 1.73. The van der Waals surface area contributed by atoms with E-state index < -0.39 is 0 Å². The maximum Gasteiger partial charge on any atom is 0.139 e. The first-order valence-corrected chi connectivity index (χ1v) is 4.43. The number of pyridine rings is 1. The number of hydrogen-bond donors (Lipinski definition) is 1. The Balaban J connectivity index is 2.87. The Labute approximate surface area is 82.3 Å². The molecule has 0 bridgehead atoms. The summed E-state index contributed by atoms with van der Waals surface area (Å²) in [5.74, 6) is 0.599. The summed E-state index contributed by atoms with van der Waals surface area (Å²) < 4.78 is 2.57. The van der Waals surface area contributed by atoms with E-state index in [-0.39, 0.29) is 0 Å². The first kappa shape index (κ1) is 7.89. The largest absolute Gasteiger partial charge is 0.383 e. The van der Waals surface area contributed by atoms with Crippen molar-refractivity contribution in [3.63, 3.8) is 0 Å². The Morgan fingerprint density at radius 3 is 3.08 bits per heavy atom. The number of fused-ring (bicyclic) bond motifs is 1. The van der Waals surface area contributed by atoms with Crippen molar-refractivity contribution in [3.8, 4) is 0 Å². The zero-order valence-corrected chi connectivity index (χ0v) is 8.30. The van der Waals surface area contributed by atoms with E-state index in [4.69, 9.17) is 17.3 Å². The van der Waals surface area contributed by atoms with Gasteiger partial charge in [0, 0.05) is 12.3 Å². The smallest absolute Gasteiger partial charge is 0.139 e. The van der Waals surface area contributed by atoms with Crippen molar-refractivity contribution in [3.05, 3.63) is 28.0 Å². The number of imidazole rings is 1. The first-order chi connectivity index (χ1) is 5.68. The Hall–Kier alpha value is -0.740. The van der Waals surface area contributed by atoms with E-state index in [1.807, 2.05) is 0 Å². The van der Waals surface area contributed by atoms with Crippen LogP contribution in [-0.2, 0) is 0 Å². The van der Waals surface area contributed by atoms with Crippen molar-refractivity contribution in [1.82, 2.24) is 9.38 Å². The van der Waals surface area contributed by atoms with Gasteiger partial charge in [0.2, 0.25) is 0 Å². The van der Waals surface area contributed by atoms with Gasteiger partial charge >= 0.3 is 0 Å². The van der Waals surface area contributed by atoms with Gasteiger partial charge in [-0.1, -0.05) is 11.6 Å². The van der Waals surface area contributed by atoms with Gasteiger partial charge in [0.25, 0.3) is 0 Å². The number of nitrogen functional groups attached to an aromatic ring is 1. The summed E-state index contributed by atoms with van der Waals surface area (Å²) in [6, 6.07) is 1.75. The topological polar surface area (TPSA) is 43.3 Å². The summed E-state index contributed by atoms with van der Waals surface area (Å²) in [5.41, 5.74) is 6.38. The lowest BCUT2D eigenvalue weighted by Gasteiger charge is -1.98. The minimum absolute atomic E-state index is 0.599. The van der Waals surface area contributed by atoms with Crippen LogP contribution in [0.5, 0.6) is 0 Å². The molecule has 0 saturated heterocycles. The van der Waals surface area contributed by atoms with Crippen molar-refractivity contribution in [2.45, 2.75) is 0 Å². The Morgan fingerprint density at radius 2 is 2.33 bits per heavy atom. The van der Waals surface area contributed by atoms with Gasteiger partial charge < -0.3 is 5.73 Å². The molecule has 0 atom stereocenters. The quantitative estimate of drug-likeness (QED) is 0.775. The molecule has 0 aromatic carbocycles. The van der Waals surface area contributed by atoms with Gasteiger partial charge in [-0.15, -0.1) is 0 Å². The zero-order valence-electron chi connectivity index (χ0n) is 5.96. The molecule has 2 N–H and O–H groups in total. The monoisotopic (exact) mass is 245 g/mol.